The first-order valence-corrected chi connectivity index (χ1v) is 8.28. The zero-order valence-corrected chi connectivity index (χ0v) is 13.4. The van der Waals surface area contributed by atoms with E-state index < -0.39 is 0 Å². The fourth-order valence-electron chi connectivity index (χ4n) is 5.64. The lowest BCUT2D eigenvalue weighted by Gasteiger charge is -2.63. The van der Waals surface area contributed by atoms with Gasteiger partial charge in [0, 0.05) is 29.3 Å². The minimum atomic E-state index is 0.00778. The lowest BCUT2D eigenvalue weighted by atomic mass is 9.48. The SMILES string of the molecule is CC1(C)C(N)C(C)(C)C1NC(=O)CC1CC2CCC1C2. The van der Waals surface area contributed by atoms with Crippen molar-refractivity contribution in [2.75, 3.05) is 0 Å². The van der Waals surface area contributed by atoms with Crippen LogP contribution in [0.2, 0.25) is 0 Å². The third kappa shape index (κ3) is 2.01. The van der Waals surface area contributed by atoms with Crippen LogP contribution in [0.5, 0.6) is 0 Å². The molecule has 0 spiro atoms. The van der Waals surface area contributed by atoms with Crippen molar-refractivity contribution in [3.8, 4) is 0 Å². The Bertz CT molecular complexity index is 399. The van der Waals surface area contributed by atoms with Crippen LogP contribution in [0.25, 0.3) is 0 Å². The van der Waals surface area contributed by atoms with Gasteiger partial charge in [0.15, 0.2) is 0 Å². The molecule has 3 fully saturated rings. The quantitative estimate of drug-likeness (QED) is 0.834. The van der Waals surface area contributed by atoms with Crippen LogP contribution in [0.15, 0.2) is 0 Å². The van der Waals surface area contributed by atoms with Crippen LogP contribution in [-0.2, 0) is 4.79 Å². The summed E-state index contributed by atoms with van der Waals surface area (Å²) >= 11 is 0. The van der Waals surface area contributed by atoms with E-state index in [1.54, 1.807) is 0 Å². The molecule has 3 saturated carbocycles. The smallest absolute Gasteiger partial charge is 0.220 e. The van der Waals surface area contributed by atoms with E-state index in [0.29, 0.717) is 5.92 Å². The van der Waals surface area contributed by atoms with E-state index in [-0.39, 0.29) is 28.8 Å². The molecule has 0 aliphatic heterocycles. The van der Waals surface area contributed by atoms with Crippen LogP contribution in [0, 0.1) is 28.6 Å². The van der Waals surface area contributed by atoms with Gasteiger partial charge < -0.3 is 11.1 Å². The number of nitrogens with two attached hydrogens (primary N) is 1. The van der Waals surface area contributed by atoms with Gasteiger partial charge in [-0.05, 0) is 37.0 Å². The van der Waals surface area contributed by atoms with E-state index in [0.717, 1.165) is 18.3 Å². The van der Waals surface area contributed by atoms with E-state index in [9.17, 15) is 4.79 Å². The molecule has 0 aromatic heterocycles. The summed E-state index contributed by atoms with van der Waals surface area (Å²) in [4.78, 5) is 12.4. The van der Waals surface area contributed by atoms with Gasteiger partial charge >= 0.3 is 0 Å². The van der Waals surface area contributed by atoms with Crippen molar-refractivity contribution in [3.05, 3.63) is 0 Å². The molecule has 3 rings (SSSR count). The summed E-state index contributed by atoms with van der Waals surface area (Å²) in [7, 11) is 0. The maximum Gasteiger partial charge on any atom is 0.220 e. The number of nitrogens with one attached hydrogen (secondary N) is 1. The lowest BCUT2D eigenvalue weighted by molar-refractivity contribution is -0.133. The summed E-state index contributed by atoms with van der Waals surface area (Å²) < 4.78 is 0. The Hall–Kier alpha value is -0.570. The Morgan fingerprint density at radius 1 is 1.15 bits per heavy atom. The molecule has 0 saturated heterocycles. The highest BCUT2D eigenvalue weighted by Gasteiger charge is 2.60. The Labute approximate surface area is 123 Å². The van der Waals surface area contributed by atoms with E-state index in [2.05, 4.69) is 33.0 Å². The molecule has 3 atom stereocenters. The summed E-state index contributed by atoms with van der Waals surface area (Å²) in [6, 6.07) is 0.360. The van der Waals surface area contributed by atoms with Gasteiger partial charge in [0.2, 0.25) is 5.91 Å². The van der Waals surface area contributed by atoms with E-state index in [4.69, 9.17) is 5.73 Å². The Balaban J connectivity index is 1.57. The van der Waals surface area contributed by atoms with Gasteiger partial charge in [0.25, 0.3) is 0 Å². The number of hydrogen-bond acceptors (Lipinski definition) is 2. The largest absolute Gasteiger partial charge is 0.352 e. The highest BCUT2D eigenvalue weighted by molar-refractivity contribution is 5.77. The Morgan fingerprint density at radius 2 is 1.80 bits per heavy atom. The molecule has 3 aliphatic carbocycles. The average molecular weight is 278 g/mol. The second-order valence-electron chi connectivity index (χ2n) is 8.76. The van der Waals surface area contributed by atoms with Gasteiger partial charge in [-0.2, -0.15) is 0 Å². The van der Waals surface area contributed by atoms with E-state index in [1.165, 1.54) is 25.7 Å². The molecule has 3 unspecified atom stereocenters. The zero-order valence-electron chi connectivity index (χ0n) is 13.4. The van der Waals surface area contributed by atoms with Crippen molar-refractivity contribution >= 4 is 5.91 Å². The summed E-state index contributed by atoms with van der Waals surface area (Å²) in [5.41, 5.74) is 6.28. The minimum absolute atomic E-state index is 0.00778. The normalized spacial score (nSPS) is 44.1. The monoisotopic (exact) mass is 278 g/mol. The van der Waals surface area contributed by atoms with Gasteiger partial charge in [-0.15, -0.1) is 0 Å². The molecule has 0 aromatic carbocycles. The molecule has 3 heteroatoms. The average Bonchev–Trinajstić information content (AvgIpc) is 2.96. The van der Waals surface area contributed by atoms with E-state index in [1.807, 2.05) is 0 Å². The van der Waals surface area contributed by atoms with Crippen molar-refractivity contribution in [1.82, 2.24) is 5.32 Å². The summed E-state index contributed by atoms with van der Waals surface area (Å²) in [6.45, 7) is 8.69. The van der Waals surface area contributed by atoms with E-state index >= 15 is 0 Å². The fraction of sp³-hybridized carbons (Fsp3) is 0.941. The molecular weight excluding hydrogens is 248 g/mol. The fourth-order valence-corrected chi connectivity index (χ4v) is 5.64. The van der Waals surface area contributed by atoms with Crippen molar-refractivity contribution < 1.29 is 4.79 Å². The highest BCUT2D eigenvalue weighted by Crippen LogP contribution is 2.53. The second kappa shape index (κ2) is 4.46. The number of rotatable bonds is 3. The molecule has 3 nitrogen and oxygen atoms in total. The standard InChI is InChI=1S/C17H30N2O/c1-16(2)14(18)17(3,4)15(16)19-13(20)9-12-8-10-5-6-11(12)7-10/h10-12,14-15H,5-9,18H2,1-4H3,(H,19,20). The van der Waals surface area contributed by atoms with Crippen molar-refractivity contribution in [2.24, 2.45) is 34.3 Å². The Morgan fingerprint density at radius 3 is 2.30 bits per heavy atom. The van der Waals surface area contributed by atoms with Crippen LogP contribution in [0.3, 0.4) is 0 Å². The molecule has 3 N–H and O–H groups in total. The highest BCUT2D eigenvalue weighted by atomic mass is 16.1. The molecule has 1 amide bonds. The summed E-state index contributed by atoms with van der Waals surface area (Å²) in [5, 5.41) is 3.29. The van der Waals surface area contributed by atoms with Crippen LogP contribution >= 0.6 is 0 Å². The zero-order chi connectivity index (χ0) is 14.7. The molecule has 0 radical (unpaired) electrons. The van der Waals surface area contributed by atoms with Crippen molar-refractivity contribution in [3.63, 3.8) is 0 Å². The summed E-state index contributed by atoms with van der Waals surface area (Å²) in [5.74, 6) is 2.65. The van der Waals surface area contributed by atoms with Crippen LogP contribution < -0.4 is 11.1 Å². The van der Waals surface area contributed by atoms with Crippen LogP contribution in [0.1, 0.15) is 59.8 Å². The predicted molar refractivity (Wildman–Crippen MR) is 81.0 cm³/mol. The van der Waals surface area contributed by atoms with Crippen molar-refractivity contribution in [2.45, 2.75) is 71.9 Å². The predicted octanol–water partition coefficient (Wildman–Crippen LogP) is 2.69. The molecule has 0 aromatic rings. The molecular formula is C17H30N2O. The maximum absolute atomic E-state index is 12.4. The number of hydrogen-bond donors (Lipinski definition) is 2. The lowest BCUT2D eigenvalue weighted by Crippen LogP contribution is -2.76. The van der Waals surface area contributed by atoms with Crippen LogP contribution in [0.4, 0.5) is 0 Å². The maximum atomic E-state index is 12.4. The topological polar surface area (TPSA) is 55.1 Å². The second-order valence-corrected chi connectivity index (χ2v) is 8.76. The van der Waals surface area contributed by atoms with Crippen molar-refractivity contribution in [1.29, 1.82) is 0 Å². The van der Waals surface area contributed by atoms with Gasteiger partial charge in [-0.1, -0.05) is 34.1 Å². The first kappa shape index (κ1) is 14.4. The first-order chi connectivity index (χ1) is 9.23. The minimum Gasteiger partial charge on any atom is -0.352 e. The first-order valence-electron chi connectivity index (χ1n) is 8.28. The molecule has 3 aliphatic rings. The number of carbonyl (C=O) groups excluding carboxylic acids is 1. The molecule has 2 bridgehead atoms. The van der Waals surface area contributed by atoms with Gasteiger partial charge in [0.05, 0.1) is 0 Å². The van der Waals surface area contributed by atoms with Gasteiger partial charge in [-0.3, -0.25) is 4.79 Å². The number of carbonyl (C=O) groups is 1. The van der Waals surface area contributed by atoms with Crippen LogP contribution in [-0.4, -0.2) is 18.0 Å². The summed E-state index contributed by atoms with van der Waals surface area (Å²) in [6.07, 6.45) is 6.16. The van der Waals surface area contributed by atoms with Gasteiger partial charge in [0.1, 0.15) is 0 Å². The molecule has 114 valence electrons. The molecule has 20 heavy (non-hydrogen) atoms. The molecule has 0 heterocycles. The van der Waals surface area contributed by atoms with Gasteiger partial charge in [-0.25, -0.2) is 0 Å². The third-order valence-electron chi connectivity index (χ3n) is 6.73. The number of fused-ring (bicyclic) bond motifs is 2. The number of amides is 1. The third-order valence-corrected chi connectivity index (χ3v) is 6.73. The Kier molecular flexibility index (Phi) is 3.20.